The van der Waals surface area contributed by atoms with Crippen LogP contribution in [0.5, 0.6) is 5.75 Å². The molecule has 0 aliphatic heterocycles. The summed E-state index contributed by atoms with van der Waals surface area (Å²) in [5.74, 6) is -0.334. The van der Waals surface area contributed by atoms with Gasteiger partial charge in [0.15, 0.2) is 6.61 Å². The highest BCUT2D eigenvalue weighted by molar-refractivity contribution is 7.17. The van der Waals surface area contributed by atoms with E-state index < -0.39 is 18.5 Å². The maximum atomic E-state index is 12.6. The quantitative estimate of drug-likeness (QED) is 0.498. The van der Waals surface area contributed by atoms with Crippen LogP contribution in [0, 0.1) is 0 Å². The number of rotatable bonds is 7. The monoisotopic (exact) mass is 476 g/mol. The third-order valence-electron chi connectivity index (χ3n) is 5.89. The number of esters is 1. The standard InChI is InChI=1S/C26H24N2O5S/c1-32-20-9-10-21-15(12-20)5-6-16-13-22(34-24(16)21)26(31)33-14-23(29)27-19-4-2-3-17(11-19)25(30)28-18-7-8-18/h2-4,9-13,18H,5-8,14H2,1H3,(H,27,29)(H,28,30). The van der Waals surface area contributed by atoms with Crippen molar-refractivity contribution in [3.8, 4) is 16.2 Å². The number of hydrogen-bond donors (Lipinski definition) is 2. The number of carbonyl (C=O) groups excluding carboxylic acids is 3. The molecule has 1 aromatic heterocycles. The molecule has 0 bridgehead atoms. The molecule has 8 heteroatoms. The average molecular weight is 477 g/mol. The lowest BCUT2D eigenvalue weighted by atomic mass is 9.91. The number of methoxy groups -OCH3 is 1. The minimum absolute atomic E-state index is 0.160. The lowest BCUT2D eigenvalue weighted by Crippen LogP contribution is -2.25. The van der Waals surface area contributed by atoms with Gasteiger partial charge in [0.1, 0.15) is 10.6 Å². The predicted molar refractivity (Wildman–Crippen MR) is 130 cm³/mol. The Balaban J connectivity index is 1.19. The van der Waals surface area contributed by atoms with E-state index in [1.54, 1.807) is 31.4 Å². The number of carbonyl (C=O) groups is 3. The van der Waals surface area contributed by atoms with Crippen LogP contribution < -0.4 is 15.4 Å². The molecule has 3 aromatic rings. The number of fused-ring (bicyclic) bond motifs is 3. The van der Waals surface area contributed by atoms with E-state index in [4.69, 9.17) is 9.47 Å². The molecule has 2 N–H and O–H groups in total. The molecule has 1 heterocycles. The van der Waals surface area contributed by atoms with Crippen LogP contribution in [0.15, 0.2) is 48.5 Å². The number of benzene rings is 2. The fraction of sp³-hybridized carbons (Fsp3) is 0.269. The number of amides is 2. The second-order valence-electron chi connectivity index (χ2n) is 8.44. The summed E-state index contributed by atoms with van der Waals surface area (Å²) in [6.07, 6.45) is 3.72. The minimum atomic E-state index is -0.526. The first-order valence-corrected chi connectivity index (χ1v) is 12.0. The van der Waals surface area contributed by atoms with E-state index in [1.807, 2.05) is 24.3 Å². The molecule has 174 valence electrons. The molecule has 1 fully saturated rings. The summed E-state index contributed by atoms with van der Waals surface area (Å²) in [6, 6.07) is 14.8. The maximum absolute atomic E-state index is 12.6. The van der Waals surface area contributed by atoms with Crippen molar-refractivity contribution in [3.05, 3.63) is 70.1 Å². The largest absolute Gasteiger partial charge is 0.497 e. The van der Waals surface area contributed by atoms with E-state index in [1.165, 1.54) is 16.9 Å². The molecule has 2 aliphatic carbocycles. The van der Waals surface area contributed by atoms with Gasteiger partial charge in [0.2, 0.25) is 0 Å². The van der Waals surface area contributed by atoms with Crippen LogP contribution in [-0.2, 0) is 22.4 Å². The van der Waals surface area contributed by atoms with Crippen LogP contribution >= 0.6 is 11.3 Å². The van der Waals surface area contributed by atoms with Crippen molar-refractivity contribution < 1.29 is 23.9 Å². The summed E-state index contributed by atoms with van der Waals surface area (Å²) in [7, 11) is 1.65. The van der Waals surface area contributed by atoms with Crippen molar-refractivity contribution in [1.29, 1.82) is 0 Å². The van der Waals surface area contributed by atoms with Gasteiger partial charge in [-0.2, -0.15) is 0 Å². The first-order chi connectivity index (χ1) is 16.5. The smallest absolute Gasteiger partial charge is 0.348 e. The van der Waals surface area contributed by atoms with E-state index in [0.29, 0.717) is 16.1 Å². The van der Waals surface area contributed by atoms with Crippen LogP contribution in [-0.4, -0.2) is 37.5 Å². The lowest BCUT2D eigenvalue weighted by Gasteiger charge is -2.16. The third-order valence-corrected chi connectivity index (χ3v) is 7.08. The van der Waals surface area contributed by atoms with E-state index in [0.717, 1.165) is 47.4 Å². The van der Waals surface area contributed by atoms with Crippen molar-refractivity contribution in [2.75, 3.05) is 19.0 Å². The molecular weight excluding hydrogens is 452 g/mol. The Kier molecular flexibility index (Phi) is 6.06. The Hall–Kier alpha value is -3.65. The Bertz CT molecular complexity index is 1280. The van der Waals surface area contributed by atoms with Crippen LogP contribution in [0.25, 0.3) is 10.4 Å². The molecule has 0 spiro atoms. The summed E-state index contributed by atoms with van der Waals surface area (Å²) in [5.41, 5.74) is 4.36. The zero-order valence-electron chi connectivity index (χ0n) is 18.7. The molecule has 0 radical (unpaired) electrons. The summed E-state index contributed by atoms with van der Waals surface area (Å²) in [5, 5.41) is 5.60. The molecule has 7 nitrogen and oxygen atoms in total. The lowest BCUT2D eigenvalue weighted by molar-refractivity contribution is -0.119. The molecule has 0 atom stereocenters. The number of ether oxygens (including phenoxy) is 2. The Labute approximate surface area is 201 Å². The third kappa shape index (κ3) is 4.82. The van der Waals surface area contributed by atoms with Crippen LogP contribution in [0.1, 0.15) is 44.0 Å². The maximum Gasteiger partial charge on any atom is 0.348 e. The van der Waals surface area contributed by atoms with Crippen LogP contribution in [0.2, 0.25) is 0 Å². The number of nitrogens with one attached hydrogen (secondary N) is 2. The molecule has 5 rings (SSSR count). The summed E-state index contributed by atoms with van der Waals surface area (Å²) >= 11 is 1.38. The van der Waals surface area contributed by atoms with Crippen molar-refractivity contribution in [1.82, 2.24) is 5.32 Å². The summed E-state index contributed by atoms with van der Waals surface area (Å²) < 4.78 is 10.6. The highest BCUT2D eigenvalue weighted by Gasteiger charge is 2.24. The van der Waals surface area contributed by atoms with Gasteiger partial charge in [-0.3, -0.25) is 9.59 Å². The van der Waals surface area contributed by atoms with Gasteiger partial charge in [-0.15, -0.1) is 11.3 Å². The number of aryl methyl sites for hydroxylation is 2. The molecule has 2 aliphatic rings. The normalized spacial score (nSPS) is 13.9. The van der Waals surface area contributed by atoms with Crippen molar-refractivity contribution in [2.24, 2.45) is 0 Å². The van der Waals surface area contributed by atoms with E-state index >= 15 is 0 Å². The van der Waals surface area contributed by atoms with Gasteiger partial charge < -0.3 is 20.1 Å². The molecule has 34 heavy (non-hydrogen) atoms. The second-order valence-corrected chi connectivity index (χ2v) is 9.49. The highest BCUT2D eigenvalue weighted by Crippen LogP contribution is 2.41. The fourth-order valence-electron chi connectivity index (χ4n) is 3.97. The molecule has 0 unspecified atom stereocenters. The summed E-state index contributed by atoms with van der Waals surface area (Å²) in [4.78, 5) is 38.7. The van der Waals surface area contributed by atoms with Gasteiger partial charge in [-0.1, -0.05) is 6.07 Å². The number of hydrogen-bond acceptors (Lipinski definition) is 6. The van der Waals surface area contributed by atoms with Gasteiger partial charge in [0, 0.05) is 22.2 Å². The molecule has 0 saturated heterocycles. The average Bonchev–Trinajstić information content (AvgIpc) is 3.55. The Morgan fingerprint density at radius 3 is 2.65 bits per heavy atom. The van der Waals surface area contributed by atoms with Gasteiger partial charge in [-0.25, -0.2) is 4.79 Å². The zero-order valence-corrected chi connectivity index (χ0v) is 19.5. The van der Waals surface area contributed by atoms with E-state index in [-0.39, 0.29) is 11.9 Å². The first-order valence-electron chi connectivity index (χ1n) is 11.2. The van der Waals surface area contributed by atoms with E-state index in [9.17, 15) is 14.4 Å². The molecule has 1 saturated carbocycles. The SMILES string of the molecule is COc1ccc2c(c1)CCc1cc(C(=O)OCC(=O)Nc3cccc(C(=O)NC4CC4)c3)sc1-2. The second kappa shape index (κ2) is 9.30. The van der Waals surface area contributed by atoms with Gasteiger partial charge in [-0.05, 0) is 84.8 Å². The van der Waals surface area contributed by atoms with Gasteiger partial charge in [0.05, 0.1) is 7.11 Å². The first kappa shape index (κ1) is 22.2. The number of thiophene rings is 1. The van der Waals surface area contributed by atoms with E-state index in [2.05, 4.69) is 10.6 Å². The van der Waals surface area contributed by atoms with Gasteiger partial charge >= 0.3 is 5.97 Å². The highest BCUT2D eigenvalue weighted by atomic mass is 32.1. The molecule has 2 amide bonds. The van der Waals surface area contributed by atoms with Crippen LogP contribution in [0.4, 0.5) is 5.69 Å². The summed E-state index contributed by atoms with van der Waals surface area (Å²) in [6.45, 7) is -0.409. The zero-order chi connectivity index (χ0) is 23.7. The Morgan fingerprint density at radius 2 is 1.85 bits per heavy atom. The number of anilines is 1. The van der Waals surface area contributed by atoms with Crippen molar-refractivity contribution in [3.63, 3.8) is 0 Å². The Morgan fingerprint density at radius 1 is 1.03 bits per heavy atom. The predicted octanol–water partition coefficient (Wildman–Crippen LogP) is 4.21. The van der Waals surface area contributed by atoms with Crippen molar-refractivity contribution >= 4 is 34.8 Å². The fourth-order valence-corrected chi connectivity index (χ4v) is 5.14. The minimum Gasteiger partial charge on any atom is -0.497 e. The van der Waals surface area contributed by atoms with Crippen molar-refractivity contribution in [2.45, 2.75) is 31.7 Å². The van der Waals surface area contributed by atoms with Gasteiger partial charge in [0.25, 0.3) is 11.8 Å². The topological polar surface area (TPSA) is 93.7 Å². The van der Waals surface area contributed by atoms with Crippen LogP contribution in [0.3, 0.4) is 0 Å². The molecule has 2 aromatic carbocycles. The molecular formula is C26H24N2O5S.